The monoisotopic (exact) mass is 287 g/mol. The Hall–Kier alpha value is -1.27. The lowest BCUT2D eigenvalue weighted by molar-refractivity contribution is 0.354. The Bertz CT molecular complexity index is 513. The van der Waals surface area contributed by atoms with Crippen LogP contribution in [0.1, 0.15) is 5.56 Å². The second-order valence-electron chi connectivity index (χ2n) is 4.47. The minimum atomic E-state index is -3.00. The molecular formula is C13H21NO4S. The summed E-state index contributed by atoms with van der Waals surface area (Å²) in [5, 5.41) is 3.02. The number of hydrogen-bond donors (Lipinski definition) is 1. The van der Waals surface area contributed by atoms with Crippen LogP contribution in [-0.2, 0) is 16.3 Å². The van der Waals surface area contributed by atoms with Gasteiger partial charge in [-0.05, 0) is 31.2 Å². The van der Waals surface area contributed by atoms with E-state index in [4.69, 9.17) is 9.47 Å². The van der Waals surface area contributed by atoms with E-state index in [1.165, 1.54) is 6.26 Å². The molecule has 1 unspecified atom stereocenters. The molecule has 0 aliphatic rings. The predicted octanol–water partition coefficient (Wildman–Crippen LogP) is 0.879. The van der Waals surface area contributed by atoms with Crippen molar-refractivity contribution in [2.75, 3.05) is 33.3 Å². The highest BCUT2D eigenvalue weighted by Gasteiger charge is 2.15. The van der Waals surface area contributed by atoms with Gasteiger partial charge in [-0.1, -0.05) is 6.07 Å². The molecule has 6 heteroatoms. The van der Waals surface area contributed by atoms with E-state index >= 15 is 0 Å². The molecule has 1 aromatic rings. The number of benzene rings is 1. The molecule has 1 aromatic carbocycles. The quantitative estimate of drug-likeness (QED) is 0.806. The first-order valence-electron chi connectivity index (χ1n) is 5.95. The van der Waals surface area contributed by atoms with Crippen LogP contribution >= 0.6 is 0 Å². The van der Waals surface area contributed by atoms with Crippen molar-refractivity contribution in [2.45, 2.75) is 12.5 Å². The molecule has 0 aromatic heterocycles. The molecule has 0 heterocycles. The van der Waals surface area contributed by atoms with Gasteiger partial charge in [0.05, 0.1) is 20.0 Å². The molecular weight excluding hydrogens is 266 g/mol. The summed E-state index contributed by atoms with van der Waals surface area (Å²) in [6.07, 6.45) is 1.86. The average Bonchev–Trinajstić information content (AvgIpc) is 2.36. The topological polar surface area (TPSA) is 64.6 Å². The largest absolute Gasteiger partial charge is 0.493 e. The summed E-state index contributed by atoms with van der Waals surface area (Å²) in [6, 6.07) is 5.48. The summed E-state index contributed by atoms with van der Waals surface area (Å²) in [4.78, 5) is 0. The van der Waals surface area contributed by atoms with Crippen molar-refractivity contribution >= 4 is 9.84 Å². The van der Waals surface area contributed by atoms with Crippen molar-refractivity contribution in [3.8, 4) is 11.5 Å². The molecule has 108 valence electrons. The summed E-state index contributed by atoms with van der Waals surface area (Å²) in [5.74, 6) is 1.42. The fourth-order valence-corrected chi connectivity index (χ4v) is 2.92. The summed E-state index contributed by atoms with van der Waals surface area (Å²) in [5.41, 5.74) is 1.00. The molecule has 1 atom stereocenters. The van der Waals surface area contributed by atoms with Crippen LogP contribution in [0.4, 0.5) is 0 Å². The third-order valence-corrected chi connectivity index (χ3v) is 3.85. The SMILES string of the molecule is CNC(Cc1ccc(OC)c(OC)c1)CS(C)(=O)=O. The minimum Gasteiger partial charge on any atom is -0.493 e. The van der Waals surface area contributed by atoms with Crippen molar-refractivity contribution in [1.29, 1.82) is 0 Å². The van der Waals surface area contributed by atoms with Crippen LogP contribution in [0.3, 0.4) is 0 Å². The van der Waals surface area contributed by atoms with Crippen LogP contribution in [-0.4, -0.2) is 47.7 Å². The number of methoxy groups -OCH3 is 2. The third-order valence-electron chi connectivity index (χ3n) is 2.84. The Labute approximate surface area is 114 Å². The summed E-state index contributed by atoms with van der Waals surface area (Å²) >= 11 is 0. The molecule has 0 radical (unpaired) electrons. The molecule has 0 saturated carbocycles. The average molecular weight is 287 g/mol. The van der Waals surface area contributed by atoms with Crippen LogP contribution in [0.5, 0.6) is 11.5 Å². The van der Waals surface area contributed by atoms with Crippen molar-refractivity contribution in [2.24, 2.45) is 0 Å². The molecule has 19 heavy (non-hydrogen) atoms. The van der Waals surface area contributed by atoms with Crippen LogP contribution in [0.15, 0.2) is 18.2 Å². The Morgan fingerprint density at radius 2 is 1.84 bits per heavy atom. The molecule has 1 rings (SSSR count). The van der Waals surface area contributed by atoms with Gasteiger partial charge in [-0.3, -0.25) is 0 Å². The lowest BCUT2D eigenvalue weighted by Gasteiger charge is -2.16. The van der Waals surface area contributed by atoms with Gasteiger partial charge < -0.3 is 14.8 Å². The second kappa shape index (κ2) is 6.77. The molecule has 0 fully saturated rings. The van der Waals surface area contributed by atoms with Crippen LogP contribution in [0, 0.1) is 0 Å². The summed E-state index contributed by atoms with van der Waals surface area (Å²) in [7, 11) is 1.92. The second-order valence-corrected chi connectivity index (χ2v) is 6.66. The number of likely N-dealkylation sites (N-methyl/N-ethyl adjacent to an activating group) is 1. The fraction of sp³-hybridized carbons (Fsp3) is 0.538. The Balaban J connectivity index is 2.86. The molecule has 5 nitrogen and oxygen atoms in total. The number of sulfone groups is 1. The van der Waals surface area contributed by atoms with E-state index in [-0.39, 0.29) is 11.8 Å². The first-order valence-corrected chi connectivity index (χ1v) is 8.01. The van der Waals surface area contributed by atoms with Gasteiger partial charge in [-0.15, -0.1) is 0 Å². The number of nitrogens with one attached hydrogen (secondary N) is 1. The summed E-state index contributed by atoms with van der Waals surface area (Å²) < 4.78 is 33.1. The van der Waals surface area contributed by atoms with Gasteiger partial charge in [0.15, 0.2) is 11.5 Å². The molecule has 1 N–H and O–H groups in total. The highest BCUT2D eigenvalue weighted by Crippen LogP contribution is 2.28. The lowest BCUT2D eigenvalue weighted by atomic mass is 10.1. The van der Waals surface area contributed by atoms with Crippen molar-refractivity contribution in [3.63, 3.8) is 0 Å². The van der Waals surface area contributed by atoms with E-state index in [0.717, 1.165) is 5.56 Å². The number of hydrogen-bond acceptors (Lipinski definition) is 5. The molecule has 0 aliphatic heterocycles. The van der Waals surface area contributed by atoms with Crippen LogP contribution in [0.25, 0.3) is 0 Å². The maximum Gasteiger partial charge on any atom is 0.160 e. The highest BCUT2D eigenvalue weighted by atomic mass is 32.2. The van der Waals surface area contributed by atoms with Gasteiger partial charge in [-0.2, -0.15) is 0 Å². The van der Waals surface area contributed by atoms with E-state index in [1.54, 1.807) is 21.3 Å². The van der Waals surface area contributed by atoms with E-state index in [9.17, 15) is 8.42 Å². The van der Waals surface area contributed by atoms with Gasteiger partial charge in [0, 0.05) is 12.3 Å². The van der Waals surface area contributed by atoms with Gasteiger partial charge >= 0.3 is 0 Å². The summed E-state index contributed by atoms with van der Waals surface area (Å²) in [6.45, 7) is 0. The van der Waals surface area contributed by atoms with E-state index in [1.807, 2.05) is 18.2 Å². The van der Waals surface area contributed by atoms with E-state index in [0.29, 0.717) is 17.9 Å². The first kappa shape index (κ1) is 15.8. The van der Waals surface area contributed by atoms with Gasteiger partial charge in [0.25, 0.3) is 0 Å². The zero-order valence-corrected chi connectivity index (χ0v) is 12.6. The van der Waals surface area contributed by atoms with E-state index in [2.05, 4.69) is 5.32 Å². The maximum atomic E-state index is 11.3. The third kappa shape index (κ3) is 5.08. The fourth-order valence-electron chi connectivity index (χ4n) is 1.90. The lowest BCUT2D eigenvalue weighted by Crippen LogP contribution is -2.34. The Morgan fingerprint density at radius 3 is 2.32 bits per heavy atom. The minimum absolute atomic E-state index is 0.109. The van der Waals surface area contributed by atoms with Gasteiger partial charge in [0.2, 0.25) is 0 Å². The molecule has 0 amide bonds. The predicted molar refractivity (Wildman–Crippen MR) is 75.8 cm³/mol. The van der Waals surface area contributed by atoms with Crippen molar-refractivity contribution in [3.05, 3.63) is 23.8 Å². The smallest absolute Gasteiger partial charge is 0.160 e. The highest BCUT2D eigenvalue weighted by molar-refractivity contribution is 7.90. The molecule has 0 aliphatic carbocycles. The van der Waals surface area contributed by atoms with Gasteiger partial charge in [0.1, 0.15) is 9.84 Å². The van der Waals surface area contributed by atoms with E-state index < -0.39 is 9.84 Å². The Kier molecular flexibility index (Phi) is 5.62. The standard InChI is InChI=1S/C13H21NO4S/c1-14-11(9-19(4,15)16)7-10-5-6-12(17-2)13(8-10)18-3/h5-6,8,11,14H,7,9H2,1-4H3. The van der Waals surface area contributed by atoms with Crippen molar-refractivity contribution in [1.82, 2.24) is 5.32 Å². The normalized spacial score (nSPS) is 13.1. The molecule has 0 saturated heterocycles. The number of rotatable bonds is 7. The first-order chi connectivity index (χ1) is 8.89. The van der Waals surface area contributed by atoms with Crippen LogP contribution < -0.4 is 14.8 Å². The maximum absolute atomic E-state index is 11.3. The Morgan fingerprint density at radius 1 is 1.21 bits per heavy atom. The van der Waals surface area contributed by atoms with Gasteiger partial charge in [-0.25, -0.2) is 8.42 Å². The number of ether oxygens (including phenoxy) is 2. The molecule has 0 spiro atoms. The van der Waals surface area contributed by atoms with Crippen molar-refractivity contribution < 1.29 is 17.9 Å². The zero-order chi connectivity index (χ0) is 14.5. The zero-order valence-electron chi connectivity index (χ0n) is 11.8. The van der Waals surface area contributed by atoms with Crippen LogP contribution in [0.2, 0.25) is 0 Å². The molecule has 0 bridgehead atoms.